The minimum absolute atomic E-state index is 0. The van der Waals surface area contributed by atoms with Crippen molar-refractivity contribution in [2.24, 2.45) is 0 Å². The van der Waals surface area contributed by atoms with E-state index >= 15 is 0 Å². The van der Waals surface area contributed by atoms with Crippen LogP contribution in [0, 0.1) is 11.6 Å². The van der Waals surface area contributed by atoms with Gasteiger partial charge in [-0.25, -0.2) is 13.8 Å². The maximum atomic E-state index is 14.2. The molecule has 0 radical (unpaired) electrons. The normalized spacial score (nSPS) is 11.3. The summed E-state index contributed by atoms with van der Waals surface area (Å²) in [5, 5.41) is 0.104. The topological polar surface area (TPSA) is 51.7 Å². The molecule has 1 amide bonds. The zero-order valence-electron chi connectivity index (χ0n) is 20.2. The third-order valence-corrected chi connectivity index (χ3v) is 5.26. The van der Waals surface area contributed by atoms with E-state index in [-0.39, 0.29) is 48.3 Å². The molecular weight excluding hydrogens is 474 g/mol. The molecule has 0 fully saturated rings. The Hall–Kier alpha value is -3.19. The van der Waals surface area contributed by atoms with Crippen LogP contribution in [0.3, 0.4) is 0 Å². The maximum absolute atomic E-state index is 14.2. The highest BCUT2D eigenvalue weighted by Gasteiger charge is 2.33. The highest BCUT2D eigenvalue weighted by atomic mass is 35.5. The molecule has 0 saturated carbocycles. The van der Waals surface area contributed by atoms with Crippen molar-refractivity contribution in [1.29, 1.82) is 0 Å². The van der Waals surface area contributed by atoms with Crippen LogP contribution in [0.5, 0.6) is 11.5 Å². The molecule has 0 unspecified atom stereocenters. The molecule has 2 heterocycles. The highest BCUT2D eigenvalue weighted by Crippen LogP contribution is 2.35. The van der Waals surface area contributed by atoms with Gasteiger partial charge in [-0.3, -0.25) is 4.79 Å². The van der Waals surface area contributed by atoms with Gasteiger partial charge in [0.25, 0.3) is 5.91 Å². The number of aromatic nitrogens is 1. The molecule has 5 nitrogen and oxygen atoms in total. The van der Waals surface area contributed by atoms with Crippen LogP contribution in [-0.4, -0.2) is 30.0 Å². The average molecular weight is 507 g/mol. The largest absolute Gasteiger partial charge is 0.497 e. The summed E-state index contributed by atoms with van der Waals surface area (Å²) in [5.74, 6) is -0.592. The van der Waals surface area contributed by atoms with E-state index in [1.165, 1.54) is 19.2 Å². The van der Waals surface area contributed by atoms with Gasteiger partial charge in [0.2, 0.25) is 0 Å². The molecular formula is C27H33ClF2N2O3. The molecule has 0 atom stereocenters. The standard InChI is InChI=1S/C22H17ClF2N2O3.2C2H6.CH4/c1-29-13-7-6-12(19(8-13)30-2)10-27-11-18-20(22(27)28)14(23)9-17(26-18)21-15(24)4-3-5-16(21)25;2*1-2;/h3-9H,10-11H2,1-2H3;2*1-2H3;1H4. The average Bonchev–Trinajstić information content (AvgIpc) is 3.17. The fourth-order valence-electron chi connectivity index (χ4n) is 3.50. The molecule has 8 heteroatoms. The van der Waals surface area contributed by atoms with Crippen LogP contribution in [0.25, 0.3) is 11.3 Å². The number of halogens is 3. The quantitative estimate of drug-likeness (QED) is 0.358. The number of methoxy groups -OCH3 is 2. The van der Waals surface area contributed by atoms with Crippen molar-refractivity contribution in [2.45, 2.75) is 48.2 Å². The summed E-state index contributed by atoms with van der Waals surface area (Å²) >= 11 is 6.32. The van der Waals surface area contributed by atoms with Crippen molar-refractivity contribution >= 4 is 17.5 Å². The lowest BCUT2D eigenvalue weighted by Crippen LogP contribution is -2.23. The highest BCUT2D eigenvalue weighted by molar-refractivity contribution is 6.34. The number of ether oxygens (including phenoxy) is 2. The molecule has 1 aliphatic heterocycles. The Morgan fingerprint density at radius 1 is 0.971 bits per heavy atom. The number of fused-ring (bicyclic) bond motifs is 1. The van der Waals surface area contributed by atoms with Gasteiger partial charge in [-0.05, 0) is 30.3 Å². The molecule has 1 aliphatic rings. The molecule has 3 aromatic rings. The number of hydrogen-bond acceptors (Lipinski definition) is 4. The minimum atomic E-state index is -0.748. The predicted octanol–water partition coefficient (Wildman–Crippen LogP) is 7.54. The van der Waals surface area contributed by atoms with Gasteiger partial charge in [0, 0.05) is 11.6 Å². The number of carbonyl (C=O) groups is 1. The molecule has 2 aromatic carbocycles. The summed E-state index contributed by atoms with van der Waals surface area (Å²) in [6.45, 7) is 8.41. The van der Waals surface area contributed by atoms with Gasteiger partial charge in [0.1, 0.15) is 23.1 Å². The third kappa shape index (κ3) is 6.28. The fraction of sp³-hybridized carbons (Fsp3) is 0.333. The van der Waals surface area contributed by atoms with Gasteiger partial charge >= 0.3 is 0 Å². The lowest BCUT2D eigenvalue weighted by atomic mass is 10.1. The van der Waals surface area contributed by atoms with Crippen molar-refractivity contribution < 1.29 is 23.0 Å². The summed E-state index contributed by atoms with van der Waals surface area (Å²) in [6.07, 6.45) is 0. The number of nitrogens with zero attached hydrogens (tertiary/aromatic N) is 2. The van der Waals surface area contributed by atoms with Crippen molar-refractivity contribution in [3.63, 3.8) is 0 Å². The van der Waals surface area contributed by atoms with Crippen molar-refractivity contribution in [2.75, 3.05) is 14.2 Å². The Morgan fingerprint density at radius 2 is 1.60 bits per heavy atom. The van der Waals surface area contributed by atoms with Gasteiger partial charge in [-0.15, -0.1) is 0 Å². The number of rotatable bonds is 5. The predicted molar refractivity (Wildman–Crippen MR) is 137 cm³/mol. The van der Waals surface area contributed by atoms with Crippen LogP contribution in [0.4, 0.5) is 8.78 Å². The maximum Gasteiger partial charge on any atom is 0.257 e. The minimum Gasteiger partial charge on any atom is -0.497 e. The van der Waals surface area contributed by atoms with E-state index in [4.69, 9.17) is 21.1 Å². The zero-order chi connectivity index (χ0) is 25.4. The third-order valence-electron chi connectivity index (χ3n) is 4.96. The van der Waals surface area contributed by atoms with Crippen molar-refractivity contribution in [3.8, 4) is 22.8 Å². The number of benzene rings is 2. The molecule has 0 bridgehead atoms. The Bertz CT molecular complexity index is 1140. The summed E-state index contributed by atoms with van der Waals surface area (Å²) < 4.78 is 39.0. The lowest BCUT2D eigenvalue weighted by Gasteiger charge is -2.18. The number of carbonyl (C=O) groups excluding carboxylic acids is 1. The van der Waals surface area contributed by atoms with Crippen LogP contribution in [0.15, 0.2) is 42.5 Å². The molecule has 35 heavy (non-hydrogen) atoms. The van der Waals surface area contributed by atoms with E-state index in [1.54, 1.807) is 24.1 Å². The Kier molecular flexibility index (Phi) is 11.6. The van der Waals surface area contributed by atoms with Crippen LogP contribution < -0.4 is 9.47 Å². The van der Waals surface area contributed by atoms with Gasteiger partial charge in [0.05, 0.1) is 54.8 Å². The smallest absolute Gasteiger partial charge is 0.257 e. The molecule has 0 aliphatic carbocycles. The molecule has 190 valence electrons. The Morgan fingerprint density at radius 3 is 2.17 bits per heavy atom. The van der Waals surface area contributed by atoms with E-state index in [2.05, 4.69) is 4.98 Å². The summed E-state index contributed by atoms with van der Waals surface area (Å²) in [4.78, 5) is 18.8. The summed E-state index contributed by atoms with van der Waals surface area (Å²) in [5.41, 5.74) is 1.16. The first-order valence-electron chi connectivity index (χ1n) is 11.1. The van der Waals surface area contributed by atoms with E-state index in [1.807, 2.05) is 33.8 Å². The van der Waals surface area contributed by atoms with Crippen LogP contribution >= 0.6 is 11.6 Å². The Labute approximate surface area is 211 Å². The molecule has 4 rings (SSSR count). The Balaban J connectivity index is 0.00000117. The lowest BCUT2D eigenvalue weighted by molar-refractivity contribution is 0.0765. The number of hydrogen-bond donors (Lipinski definition) is 0. The number of pyridine rings is 1. The monoisotopic (exact) mass is 506 g/mol. The second kappa shape index (κ2) is 13.6. The van der Waals surface area contributed by atoms with Gasteiger partial charge in [-0.1, -0.05) is 52.8 Å². The summed E-state index contributed by atoms with van der Waals surface area (Å²) in [6, 6.07) is 10.2. The fourth-order valence-corrected chi connectivity index (χ4v) is 3.79. The van der Waals surface area contributed by atoms with Crippen molar-refractivity contribution in [1.82, 2.24) is 9.88 Å². The zero-order valence-corrected chi connectivity index (χ0v) is 21.0. The van der Waals surface area contributed by atoms with Crippen LogP contribution in [0.1, 0.15) is 56.7 Å². The van der Waals surface area contributed by atoms with E-state index in [0.717, 1.165) is 17.7 Å². The van der Waals surface area contributed by atoms with E-state index in [0.29, 0.717) is 17.2 Å². The molecule has 0 N–H and O–H groups in total. The molecule has 0 saturated heterocycles. The summed E-state index contributed by atoms with van der Waals surface area (Å²) in [7, 11) is 3.09. The van der Waals surface area contributed by atoms with Gasteiger partial charge in [-0.2, -0.15) is 0 Å². The van der Waals surface area contributed by atoms with E-state index in [9.17, 15) is 13.6 Å². The number of amides is 1. The second-order valence-electron chi connectivity index (χ2n) is 6.75. The van der Waals surface area contributed by atoms with Gasteiger partial charge < -0.3 is 14.4 Å². The van der Waals surface area contributed by atoms with Crippen LogP contribution in [-0.2, 0) is 13.1 Å². The molecule has 1 aromatic heterocycles. The van der Waals surface area contributed by atoms with Crippen molar-refractivity contribution in [3.05, 3.63) is 75.9 Å². The molecule has 0 spiro atoms. The van der Waals surface area contributed by atoms with Gasteiger partial charge in [0.15, 0.2) is 0 Å². The first-order chi connectivity index (χ1) is 16.4. The van der Waals surface area contributed by atoms with Crippen LogP contribution in [0.2, 0.25) is 5.02 Å². The second-order valence-corrected chi connectivity index (χ2v) is 7.15. The first kappa shape index (κ1) is 29.8. The SMILES string of the molecule is C.CC.CC.COc1ccc(CN2Cc3nc(-c4c(F)cccc4F)cc(Cl)c3C2=O)c(OC)c1. The van der Waals surface area contributed by atoms with E-state index < -0.39 is 11.6 Å². The first-order valence-corrected chi connectivity index (χ1v) is 11.4.